The third kappa shape index (κ3) is 5.49. The summed E-state index contributed by atoms with van der Waals surface area (Å²) >= 11 is 0. The van der Waals surface area contributed by atoms with Gasteiger partial charge in [0.2, 0.25) is 5.88 Å². The molecular weight excluding hydrogens is 255 g/mol. The molecular formula is C14H20F3NO. The van der Waals surface area contributed by atoms with Gasteiger partial charge in [0, 0.05) is 12.3 Å². The summed E-state index contributed by atoms with van der Waals surface area (Å²) in [6, 6.07) is 2.29. The number of aromatic nitrogens is 1. The molecule has 0 aromatic carbocycles. The maximum absolute atomic E-state index is 12.4. The molecule has 0 amide bonds. The van der Waals surface area contributed by atoms with E-state index in [2.05, 4.69) is 18.8 Å². The second-order valence-corrected chi connectivity index (χ2v) is 4.55. The van der Waals surface area contributed by atoms with Gasteiger partial charge in [-0.2, -0.15) is 13.2 Å². The average Bonchev–Trinajstić information content (AvgIpc) is 2.36. The van der Waals surface area contributed by atoms with Crippen LogP contribution in [0.2, 0.25) is 0 Å². The van der Waals surface area contributed by atoms with Crippen molar-refractivity contribution in [2.45, 2.75) is 58.2 Å². The molecule has 1 atom stereocenters. The average molecular weight is 275 g/mol. The van der Waals surface area contributed by atoms with Crippen molar-refractivity contribution in [3.63, 3.8) is 0 Å². The molecule has 1 unspecified atom stereocenters. The monoisotopic (exact) mass is 275 g/mol. The summed E-state index contributed by atoms with van der Waals surface area (Å²) in [4.78, 5) is 3.73. The molecule has 0 radical (unpaired) electrons. The van der Waals surface area contributed by atoms with Crippen molar-refractivity contribution < 1.29 is 17.9 Å². The molecule has 0 saturated heterocycles. The zero-order chi connectivity index (χ0) is 14.3. The van der Waals surface area contributed by atoms with Gasteiger partial charge in [-0.05, 0) is 18.9 Å². The number of hydrogen-bond acceptors (Lipinski definition) is 2. The lowest BCUT2D eigenvalue weighted by Gasteiger charge is -2.17. The minimum atomic E-state index is -4.35. The molecule has 1 aromatic heterocycles. The SMILES string of the molecule is CCCCC(CCC)Oc1ccc(C(F)(F)F)cn1. The maximum Gasteiger partial charge on any atom is 0.417 e. The summed E-state index contributed by atoms with van der Waals surface area (Å²) in [7, 11) is 0. The van der Waals surface area contributed by atoms with E-state index in [-0.39, 0.29) is 12.0 Å². The molecule has 0 aliphatic carbocycles. The first-order valence-electron chi connectivity index (χ1n) is 6.67. The molecule has 0 N–H and O–H groups in total. The molecule has 0 aliphatic heterocycles. The first-order valence-corrected chi connectivity index (χ1v) is 6.67. The fourth-order valence-corrected chi connectivity index (χ4v) is 1.80. The second kappa shape index (κ2) is 7.36. The largest absolute Gasteiger partial charge is 0.474 e. The van der Waals surface area contributed by atoms with Gasteiger partial charge < -0.3 is 4.74 Å². The summed E-state index contributed by atoms with van der Waals surface area (Å²) in [5, 5.41) is 0. The lowest BCUT2D eigenvalue weighted by Crippen LogP contribution is -2.17. The van der Waals surface area contributed by atoms with Gasteiger partial charge in [0.15, 0.2) is 0 Å². The van der Waals surface area contributed by atoms with Crippen LogP contribution in [0.25, 0.3) is 0 Å². The van der Waals surface area contributed by atoms with Crippen molar-refractivity contribution in [2.75, 3.05) is 0 Å². The summed E-state index contributed by atoms with van der Waals surface area (Å²) in [5.41, 5.74) is -0.750. The Kier molecular flexibility index (Phi) is 6.12. The van der Waals surface area contributed by atoms with Crippen LogP contribution >= 0.6 is 0 Å². The molecule has 2 nitrogen and oxygen atoms in total. The summed E-state index contributed by atoms with van der Waals surface area (Å²) in [5.74, 6) is 0.266. The van der Waals surface area contributed by atoms with Crippen LogP contribution in [-0.4, -0.2) is 11.1 Å². The van der Waals surface area contributed by atoms with Gasteiger partial charge in [-0.25, -0.2) is 4.98 Å². The highest BCUT2D eigenvalue weighted by molar-refractivity contribution is 5.20. The predicted octanol–water partition coefficient (Wildman–Crippen LogP) is 4.84. The Balaban J connectivity index is 2.64. The van der Waals surface area contributed by atoms with E-state index in [1.54, 1.807) is 0 Å². The van der Waals surface area contributed by atoms with Gasteiger partial charge >= 0.3 is 6.18 Å². The number of unbranched alkanes of at least 4 members (excludes halogenated alkanes) is 1. The fraction of sp³-hybridized carbons (Fsp3) is 0.643. The molecule has 0 bridgehead atoms. The number of pyridine rings is 1. The topological polar surface area (TPSA) is 22.1 Å². The zero-order valence-electron chi connectivity index (χ0n) is 11.3. The van der Waals surface area contributed by atoms with Crippen LogP contribution < -0.4 is 4.74 Å². The van der Waals surface area contributed by atoms with E-state index in [1.165, 1.54) is 6.07 Å². The minimum Gasteiger partial charge on any atom is -0.474 e. The molecule has 5 heteroatoms. The van der Waals surface area contributed by atoms with Crippen LogP contribution in [-0.2, 0) is 6.18 Å². The Morgan fingerprint density at radius 1 is 1.16 bits per heavy atom. The van der Waals surface area contributed by atoms with Crippen molar-refractivity contribution in [1.29, 1.82) is 0 Å². The number of hydrogen-bond donors (Lipinski definition) is 0. The fourth-order valence-electron chi connectivity index (χ4n) is 1.80. The lowest BCUT2D eigenvalue weighted by atomic mass is 10.1. The first kappa shape index (κ1) is 15.8. The maximum atomic E-state index is 12.4. The van der Waals surface area contributed by atoms with Gasteiger partial charge in [0.1, 0.15) is 6.10 Å². The smallest absolute Gasteiger partial charge is 0.417 e. The molecule has 1 rings (SSSR count). The van der Waals surface area contributed by atoms with E-state index in [4.69, 9.17) is 4.74 Å². The third-order valence-electron chi connectivity index (χ3n) is 2.84. The molecule has 0 aliphatic rings. The number of halogens is 3. The van der Waals surface area contributed by atoms with E-state index in [1.807, 2.05) is 0 Å². The molecule has 0 spiro atoms. The van der Waals surface area contributed by atoms with E-state index >= 15 is 0 Å². The Hall–Kier alpha value is -1.26. The zero-order valence-corrected chi connectivity index (χ0v) is 11.3. The third-order valence-corrected chi connectivity index (χ3v) is 2.84. The van der Waals surface area contributed by atoms with Crippen LogP contribution in [0.4, 0.5) is 13.2 Å². The van der Waals surface area contributed by atoms with Crippen LogP contribution in [0.15, 0.2) is 18.3 Å². The molecule has 1 heterocycles. The summed E-state index contributed by atoms with van der Waals surface area (Å²) < 4.78 is 42.8. The highest BCUT2D eigenvalue weighted by Gasteiger charge is 2.30. The number of rotatable bonds is 7. The molecule has 1 aromatic rings. The predicted molar refractivity (Wildman–Crippen MR) is 68.1 cm³/mol. The van der Waals surface area contributed by atoms with Gasteiger partial charge in [0.05, 0.1) is 5.56 Å². The Morgan fingerprint density at radius 3 is 2.37 bits per heavy atom. The number of ether oxygens (including phenoxy) is 1. The molecule has 0 fully saturated rings. The minimum absolute atomic E-state index is 0.0363. The van der Waals surface area contributed by atoms with Crippen molar-refractivity contribution in [3.05, 3.63) is 23.9 Å². The number of nitrogens with zero attached hydrogens (tertiary/aromatic N) is 1. The second-order valence-electron chi connectivity index (χ2n) is 4.55. The Morgan fingerprint density at radius 2 is 1.89 bits per heavy atom. The standard InChI is InChI=1S/C14H20F3NO/c1-3-5-7-12(6-4-2)19-13-9-8-11(10-18-13)14(15,16)17/h8-10,12H,3-7H2,1-2H3. The van der Waals surface area contributed by atoms with Gasteiger partial charge in [-0.1, -0.05) is 33.1 Å². The summed E-state index contributed by atoms with van der Waals surface area (Å²) in [6.07, 6.45) is 1.41. The Bertz CT molecular complexity index is 362. The van der Waals surface area contributed by atoms with Gasteiger partial charge in [-0.15, -0.1) is 0 Å². The quantitative estimate of drug-likeness (QED) is 0.710. The highest BCUT2D eigenvalue weighted by Crippen LogP contribution is 2.29. The van der Waals surface area contributed by atoms with Gasteiger partial charge in [-0.3, -0.25) is 0 Å². The van der Waals surface area contributed by atoms with Crippen LogP contribution in [0.5, 0.6) is 5.88 Å². The van der Waals surface area contributed by atoms with Crippen LogP contribution in [0.3, 0.4) is 0 Å². The van der Waals surface area contributed by atoms with Crippen LogP contribution in [0.1, 0.15) is 51.5 Å². The normalized spacial score (nSPS) is 13.3. The number of alkyl halides is 3. The summed E-state index contributed by atoms with van der Waals surface area (Å²) in [6.45, 7) is 4.15. The Labute approximate surface area is 112 Å². The van der Waals surface area contributed by atoms with E-state index in [9.17, 15) is 13.2 Å². The van der Waals surface area contributed by atoms with Crippen LogP contribution in [0, 0.1) is 0 Å². The molecule has 0 saturated carbocycles. The lowest BCUT2D eigenvalue weighted by molar-refractivity contribution is -0.137. The van der Waals surface area contributed by atoms with E-state index < -0.39 is 11.7 Å². The van der Waals surface area contributed by atoms with Crippen molar-refractivity contribution in [1.82, 2.24) is 4.98 Å². The first-order chi connectivity index (χ1) is 8.97. The van der Waals surface area contributed by atoms with Crippen molar-refractivity contribution in [3.8, 4) is 5.88 Å². The van der Waals surface area contributed by atoms with E-state index in [0.717, 1.165) is 44.4 Å². The van der Waals surface area contributed by atoms with Crippen molar-refractivity contribution in [2.24, 2.45) is 0 Å². The van der Waals surface area contributed by atoms with Gasteiger partial charge in [0.25, 0.3) is 0 Å². The molecule has 19 heavy (non-hydrogen) atoms. The van der Waals surface area contributed by atoms with E-state index in [0.29, 0.717) is 0 Å². The molecule has 108 valence electrons. The highest BCUT2D eigenvalue weighted by atomic mass is 19.4. The van der Waals surface area contributed by atoms with Crippen molar-refractivity contribution >= 4 is 0 Å².